The van der Waals surface area contributed by atoms with Crippen LogP contribution in [-0.2, 0) is 12.8 Å². The van der Waals surface area contributed by atoms with Crippen LogP contribution in [0.25, 0.3) is 5.69 Å². The molecular formula is C14H18ClN3. The molecule has 0 atom stereocenters. The molecule has 0 N–H and O–H groups in total. The Morgan fingerprint density at radius 1 is 1.11 bits per heavy atom. The quantitative estimate of drug-likeness (QED) is 0.821. The van der Waals surface area contributed by atoms with Gasteiger partial charge in [-0.15, -0.1) is 10.2 Å². The van der Waals surface area contributed by atoms with Crippen molar-refractivity contribution in [3.63, 3.8) is 0 Å². The molecule has 0 amide bonds. The minimum Gasteiger partial charge on any atom is -0.270 e. The third-order valence-electron chi connectivity index (χ3n) is 3.02. The second-order valence-electron chi connectivity index (χ2n) is 4.34. The lowest BCUT2D eigenvalue weighted by Gasteiger charge is -2.07. The number of hydrogen-bond acceptors (Lipinski definition) is 2. The Bertz CT molecular complexity index is 502. The first-order valence-corrected chi connectivity index (χ1v) is 6.83. The Labute approximate surface area is 113 Å². The maximum absolute atomic E-state index is 6.07. The first kappa shape index (κ1) is 13.1. The van der Waals surface area contributed by atoms with E-state index < -0.39 is 0 Å². The number of hydrogen-bond donors (Lipinski definition) is 0. The van der Waals surface area contributed by atoms with Gasteiger partial charge >= 0.3 is 0 Å². The molecule has 1 aromatic carbocycles. The second kappa shape index (κ2) is 6.01. The molecule has 1 heterocycles. The van der Waals surface area contributed by atoms with E-state index >= 15 is 0 Å². The van der Waals surface area contributed by atoms with Gasteiger partial charge in [-0.05, 0) is 42.1 Å². The molecule has 96 valence electrons. The van der Waals surface area contributed by atoms with Crippen molar-refractivity contribution >= 4 is 11.6 Å². The molecule has 0 aliphatic rings. The van der Waals surface area contributed by atoms with Crippen LogP contribution >= 0.6 is 11.6 Å². The fraction of sp³-hybridized carbons (Fsp3) is 0.429. The Hall–Kier alpha value is -1.35. The molecule has 0 aliphatic heterocycles. The molecule has 0 radical (unpaired) electrons. The number of aromatic nitrogens is 3. The molecule has 18 heavy (non-hydrogen) atoms. The van der Waals surface area contributed by atoms with Crippen molar-refractivity contribution in [2.45, 2.75) is 39.5 Å². The number of benzene rings is 1. The molecule has 0 bridgehead atoms. The SMILES string of the molecule is CCCCc1ccc(-n2c(Cl)nnc2CC)cc1. The molecule has 2 rings (SSSR count). The van der Waals surface area contributed by atoms with E-state index in [-0.39, 0.29) is 0 Å². The van der Waals surface area contributed by atoms with E-state index in [0.29, 0.717) is 5.28 Å². The minimum absolute atomic E-state index is 0.424. The van der Waals surface area contributed by atoms with Gasteiger partial charge in [0.1, 0.15) is 5.82 Å². The molecule has 3 nitrogen and oxygen atoms in total. The normalized spacial score (nSPS) is 10.8. The van der Waals surface area contributed by atoms with Crippen LogP contribution in [-0.4, -0.2) is 14.8 Å². The molecule has 0 spiro atoms. The second-order valence-corrected chi connectivity index (χ2v) is 4.68. The Morgan fingerprint density at radius 3 is 2.44 bits per heavy atom. The van der Waals surface area contributed by atoms with Crippen LogP contribution in [0.5, 0.6) is 0 Å². The Kier molecular flexibility index (Phi) is 4.37. The van der Waals surface area contributed by atoms with Crippen molar-refractivity contribution < 1.29 is 0 Å². The van der Waals surface area contributed by atoms with E-state index in [2.05, 4.69) is 41.4 Å². The van der Waals surface area contributed by atoms with Gasteiger partial charge in [-0.25, -0.2) is 0 Å². The summed E-state index contributed by atoms with van der Waals surface area (Å²) in [7, 11) is 0. The third-order valence-corrected chi connectivity index (χ3v) is 3.26. The number of halogens is 1. The third kappa shape index (κ3) is 2.72. The molecule has 2 aromatic rings. The van der Waals surface area contributed by atoms with Crippen molar-refractivity contribution in [1.82, 2.24) is 14.8 Å². The van der Waals surface area contributed by atoms with Crippen molar-refractivity contribution in [3.05, 3.63) is 40.9 Å². The van der Waals surface area contributed by atoms with Crippen LogP contribution in [0.1, 0.15) is 38.1 Å². The first-order valence-electron chi connectivity index (χ1n) is 6.45. The van der Waals surface area contributed by atoms with Crippen LogP contribution in [0.4, 0.5) is 0 Å². The van der Waals surface area contributed by atoms with E-state index in [1.165, 1.54) is 18.4 Å². The highest BCUT2D eigenvalue weighted by atomic mass is 35.5. The zero-order valence-corrected chi connectivity index (χ0v) is 11.6. The highest BCUT2D eigenvalue weighted by Crippen LogP contribution is 2.18. The largest absolute Gasteiger partial charge is 0.270 e. The van der Waals surface area contributed by atoms with Gasteiger partial charge in [0.15, 0.2) is 0 Å². The van der Waals surface area contributed by atoms with E-state index in [1.807, 2.05) is 11.5 Å². The van der Waals surface area contributed by atoms with Crippen LogP contribution < -0.4 is 0 Å². The van der Waals surface area contributed by atoms with Crippen molar-refractivity contribution in [2.24, 2.45) is 0 Å². The van der Waals surface area contributed by atoms with Gasteiger partial charge in [-0.3, -0.25) is 4.57 Å². The van der Waals surface area contributed by atoms with Gasteiger partial charge in [0, 0.05) is 12.1 Å². The molecular weight excluding hydrogens is 246 g/mol. The summed E-state index contributed by atoms with van der Waals surface area (Å²) in [5.41, 5.74) is 2.39. The van der Waals surface area contributed by atoms with Gasteiger partial charge < -0.3 is 0 Å². The lowest BCUT2D eigenvalue weighted by molar-refractivity contribution is 0.794. The molecule has 0 saturated heterocycles. The average molecular weight is 264 g/mol. The molecule has 0 saturated carbocycles. The van der Waals surface area contributed by atoms with E-state index in [9.17, 15) is 0 Å². The summed E-state index contributed by atoms with van der Waals surface area (Å²) < 4.78 is 1.89. The lowest BCUT2D eigenvalue weighted by Crippen LogP contribution is -2.00. The lowest BCUT2D eigenvalue weighted by atomic mass is 10.1. The summed E-state index contributed by atoms with van der Waals surface area (Å²) in [6, 6.07) is 8.47. The maximum Gasteiger partial charge on any atom is 0.229 e. The standard InChI is InChI=1S/C14H18ClN3/c1-3-5-6-11-7-9-12(10-8-11)18-13(4-2)16-17-14(18)15/h7-10H,3-6H2,1-2H3. The van der Waals surface area contributed by atoms with Gasteiger partial charge in [0.2, 0.25) is 5.28 Å². The summed E-state index contributed by atoms with van der Waals surface area (Å²) in [5, 5.41) is 8.40. The summed E-state index contributed by atoms with van der Waals surface area (Å²) in [4.78, 5) is 0. The van der Waals surface area contributed by atoms with Gasteiger partial charge in [-0.1, -0.05) is 32.4 Å². The summed E-state index contributed by atoms with van der Waals surface area (Å²) in [5.74, 6) is 0.890. The van der Waals surface area contributed by atoms with Crippen LogP contribution in [0.15, 0.2) is 24.3 Å². The molecule has 4 heteroatoms. The predicted molar refractivity (Wildman–Crippen MR) is 74.4 cm³/mol. The van der Waals surface area contributed by atoms with Crippen molar-refractivity contribution in [3.8, 4) is 5.69 Å². The minimum atomic E-state index is 0.424. The fourth-order valence-corrected chi connectivity index (χ4v) is 2.20. The highest BCUT2D eigenvalue weighted by Gasteiger charge is 2.10. The average Bonchev–Trinajstić information content (AvgIpc) is 2.78. The summed E-state index contributed by atoms with van der Waals surface area (Å²) in [6.07, 6.45) is 4.40. The van der Waals surface area contributed by atoms with Gasteiger partial charge in [0.05, 0.1) is 0 Å². The van der Waals surface area contributed by atoms with E-state index in [4.69, 9.17) is 11.6 Å². The van der Waals surface area contributed by atoms with Crippen LogP contribution in [0.3, 0.4) is 0 Å². The van der Waals surface area contributed by atoms with Crippen LogP contribution in [0.2, 0.25) is 5.28 Å². The molecule has 0 unspecified atom stereocenters. The fourth-order valence-electron chi connectivity index (χ4n) is 1.97. The van der Waals surface area contributed by atoms with Crippen molar-refractivity contribution in [1.29, 1.82) is 0 Å². The summed E-state index contributed by atoms with van der Waals surface area (Å²) >= 11 is 6.07. The van der Waals surface area contributed by atoms with E-state index in [0.717, 1.165) is 24.4 Å². The van der Waals surface area contributed by atoms with Crippen molar-refractivity contribution in [2.75, 3.05) is 0 Å². The Morgan fingerprint density at radius 2 is 1.83 bits per heavy atom. The smallest absolute Gasteiger partial charge is 0.229 e. The zero-order valence-electron chi connectivity index (χ0n) is 10.9. The number of unbranched alkanes of at least 4 members (excludes halogenated alkanes) is 1. The van der Waals surface area contributed by atoms with E-state index in [1.54, 1.807) is 0 Å². The molecule has 1 aromatic heterocycles. The predicted octanol–water partition coefficient (Wildman–Crippen LogP) is 3.83. The molecule has 0 fully saturated rings. The monoisotopic (exact) mass is 263 g/mol. The van der Waals surface area contributed by atoms with Crippen LogP contribution in [0, 0.1) is 0 Å². The Balaban J connectivity index is 2.25. The molecule has 0 aliphatic carbocycles. The van der Waals surface area contributed by atoms with Gasteiger partial charge in [0.25, 0.3) is 0 Å². The maximum atomic E-state index is 6.07. The highest BCUT2D eigenvalue weighted by molar-refractivity contribution is 6.28. The number of rotatable bonds is 5. The zero-order chi connectivity index (χ0) is 13.0. The topological polar surface area (TPSA) is 30.7 Å². The van der Waals surface area contributed by atoms with Gasteiger partial charge in [-0.2, -0.15) is 0 Å². The summed E-state index contributed by atoms with van der Waals surface area (Å²) in [6.45, 7) is 4.26. The number of aryl methyl sites for hydroxylation is 2. The number of nitrogens with zero attached hydrogens (tertiary/aromatic N) is 3. The first-order chi connectivity index (χ1) is 8.76.